The molecule has 2 amide bonds. The van der Waals surface area contributed by atoms with Gasteiger partial charge in [0, 0.05) is 25.7 Å². The van der Waals surface area contributed by atoms with E-state index in [-0.39, 0.29) is 19.1 Å². The van der Waals surface area contributed by atoms with Crippen molar-refractivity contribution in [1.82, 2.24) is 14.9 Å². The minimum absolute atomic E-state index is 0.0989. The maximum Gasteiger partial charge on any atom is 0.309 e. The van der Waals surface area contributed by atoms with Crippen LogP contribution in [-0.4, -0.2) is 43.7 Å². The summed E-state index contributed by atoms with van der Waals surface area (Å²) in [5, 5.41) is 5.16. The molecule has 0 saturated carbocycles. The van der Waals surface area contributed by atoms with Crippen LogP contribution >= 0.6 is 0 Å². The molecule has 160 valence electrons. The zero-order chi connectivity index (χ0) is 21.7. The van der Waals surface area contributed by atoms with Crippen LogP contribution in [-0.2, 0) is 26.2 Å². The van der Waals surface area contributed by atoms with Crippen molar-refractivity contribution in [3.8, 4) is 0 Å². The Balaban J connectivity index is 1.60. The van der Waals surface area contributed by atoms with Gasteiger partial charge in [-0.15, -0.1) is 0 Å². The third kappa shape index (κ3) is 5.06. The predicted octanol–water partition coefficient (Wildman–Crippen LogP) is 1.89. The highest BCUT2D eigenvalue weighted by molar-refractivity contribution is 7.89. The molecule has 8 heteroatoms. The predicted molar refractivity (Wildman–Crippen MR) is 114 cm³/mol. The number of benzene rings is 2. The summed E-state index contributed by atoms with van der Waals surface area (Å²) in [6.45, 7) is 4.38. The smallest absolute Gasteiger partial charge is 0.309 e. The van der Waals surface area contributed by atoms with E-state index in [1.165, 1.54) is 4.31 Å². The van der Waals surface area contributed by atoms with E-state index in [2.05, 4.69) is 10.6 Å². The number of amides is 2. The highest BCUT2D eigenvalue weighted by Gasteiger charge is 2.36. The Morgan fingerprint density at radius 3 is 2.47 bits per heavy atom. The summed E-state index contributed by atoms with van der Waals surface area (Å²) in [5.74, 6) is -1.50. The molecule has 0 spiro atoms. The van der Waals surface area contributed by atoms with Crippen LogP contribution in [0, 0.1) is 13.8 Å². The summed E-state index contributed by atoms with van der Waals surface area (Å²) in [5.41, 5.74) is 2.45. The molecule has 30 heavy (non-hydrogen) atoms. The van der Waals surface area contributed by atoms with E-state index in [1.807, 2.05) is 43.3 Å². The van der Waals surface area contributed by atoms with Crippen LogP contribution in [0.25, 0.3) is 0 Å². The molecule has 0 aromatic heterocycles. The molecule has 1 fully saturated rings. The number of aryl methyl sites for hydroxylation is 2. The topological polar surface area (TPSA) is 95.6 Å². The molecule has 1 aliphatic heterocycles. The Bertz CT molecular complexity index is 1020. The lowest BCUT2D eigenvalue weighted by Crippen LogP contribution is -2.46. The van der Waals surface area contributed by atoms with Gasteiger partial charge in [-0.1, -0.05) is 42.5 Å². The van der Waals surface area contributed by atoms with Crippen molar-refractivity contribution in [2.24, 2.45) is 0 Å². The third-order valence-corrected chi connectivity index (χ3v) is 7.35. The first kappa shape index (κ1) is 22.0. The number of rotatable bonds is 6. The van der Waals surface area contributed by atoms with E-state index in [0.29, 0.717) is 29.8 Å². The molecule has 2 N–H and O–H groups in total. The molecule has 7 nitrogen and oxygen atoms in total. The summed E-state index contributed by atoms with van der Waals surface area (Å²) < 4.78 is 27.8. The molecule has 1 atom stereocenters. The van der Waals surface area contributed by atoms with E-state index < -0.39 is 21.8 Å². The van der Waals surface area contributed by atoms with Gasteiger partial charge in [-0.3, -0.25) is 9.59 Å². The summed E-state index contributed by atoms with van der Waals surface area (Å²) in [6, 6.07) is 14.3. The highest BCUT2D eigenvalue weighted by Crippen LogP contribution is 2.28. The molecule has 1 saturated heterocycles. The minimum Gasteiger partial charge on any atom is -0.346 e. The molecule has 3 rings (SSSR count). The molecule has 1 aliphatic rings. The van der Waals surface area contributed by atoms with Gasteiger partial charge in [-0.25, -0.2) is 8.42 Å². The Labute approximate surface area is 177 Å². The van der Waals surface area contributed by atoms with Crippen molar-refractivity contribution >= 4 is 21.8 Å². The van der Waals surface area contributed by atoms with Gasteiger partial charge in [0.1, 0.15) is 0 Å². The van der Waals surface area contributed by atoms with Gasteiger partial charge < -0.3 is 10.6 Å². The van der Waals surface area contributed by atoms with Crippen molar-refractivity contribution in [1.29, 1.82) is 0 Å². The molecule has 0 aliphatic carbocycles. The van der Waals surface area contributed by atoms with Gasteiger partial charge >= 0.3 is 11.8 Å². The van der Waals surface area contributed by atoms with E-state index in [0.717, 1.165) is 11.1 Å². The van der Waals surface area contributed by atoms with Gasteiger partial charge in [0.15, 0.2) is 0 Å². The van der Waals surface area contributed by atoms with E-state index in [1.54, 1.807) is 19.1 Å². The molecular weight excluding hydrogens is 402 g/mol. The lowest BCUT2D eigenvalue weighted by atomic mass is 10.2. The maximum absolute atomic E-state index is 13.2. The molecule has 0 unspecified atom stereocenters. The Morgan fingerprint density at radius 1 is 1.03 bits per heavy atom. The third-order valence-electron chi connectivity index (χ3n) is 5.25. The number of hydrogen-bond acceptors (Lipinski definition) is 4. The van der Waals surface area contributed by atoms with Crippen LogP contribution in [0.5, 0.6) is 0 Å². The quantitative estimate of drug-likeness (QED) is 0.686. The fourth-order valence-corrected chi connectivity index (χ4v) is 5.59. The Kier molecular flexibility index (Phi) is 6.89. The zero-order valence-corrected chi connectivity index (χ0v) is 18.0. The Hall–Kier alpha value is -2.71. The maximum atomic E-state index is 13.2. The largest absolute Gasteiger partial charge is 0.346 e. The van der Waals surface area contributed by atoms with Crippen LogP contribution in [0.1, 0.15) is 29.5 Å². The standard InChI is InChI=1S/C22H27N3O4S/c1-16-10-11-17(2)20(13-16)30(28,29)25-12-6-9-19(25)15-24-22(27)21(26)23-14-18-7-4-3-5-8-18/h3-5,7-8,10-11,13,19H,6,9,12,14-15H2,1-2H3,(H,23,26)(H,24,27)/t19-/m1/s1. The monoisotopic (exact) mass is 429 g/mol. The lowest BCUT2D eigenvalue weighted by Gasteiger charge is -2.25. The number of sulfonamides is 1. The first-order valence-electron chi connectivity index (χ1n) is 9.98. The number of nitrogens with one attached hydrogen (secondary N) is 2. The van der Waals surface area contributed by atoms with Crippen LogP contribution in [0.2, 0.25) is 0 Å². The van der Waals surface area contributed by atoms with E-state index in [4.69, 9.17) is 0 Å². The molecular formula is C22H27N3O4S. The normalized spacial score (nSPS) is 16.9. The molecule has 0 radical (unpaired) electrons. The van der Waals surface area contributed by atoms with Crippen LogP contribution < -0.4 is 10.6 Å². The van der Waals surface area contributed by atoms with Crippen LogP contribution in [0.15, 0.2) is 53.4 Å². The molecule has 2 aromatic carbocycles. The Morgan fingerprint density at radius 2 is 1.73 bits per heavy atom. The zero-order valence-electron chi connectivity index (χ0n) is 17.2. The van der Waals surface area contributed by atoms with Crippen molar-refractivity contribution in [2.45, 2.75) is 44.2 Å². The van der Waals surface area contributed by atoms with Crippen molar-refractivity contribution in [3.05, 3.63) is 65.2 Å². The fraction of sp³-hybridized carbons (Fsp3) is 0.364. The fourth-order valence-electron chi connectivity index (χ4n) is 3.59. The summed E-state index contributed by atoms with van der Waals surface area (Å²) >= 11 is 0. The SMILES string of the molecule is Cc1ccc(C)c(S(=O)(=O)N2CCC[C@@H]2CNC(=O)C(=O)NCc2ccccc2)c1. The van der Waals surface area contributed by atoms with Gasteiger partial charge in [0.25, 0.3) is 0 Å². The van der Waals surface area contributed by atoms with Crippen molar-refractivity contribution in [2.75, 3.05) is 13.1 Å². The highest BCUT2D eigenvalue weighted by atomic mass is 32.2. The minimum atomic E-state index is -3.67. The summed E-state index contributed by atoms with van der Waals surface area (Å²) in [6.07, 6.45) is 1.35. The van der Waals surface area contributed by atoms with E-state index >= 15 is 0 Å². The number of nitrogens with zero attached hydrogens (tertiary/aromatic N) is 1. The summed E-state index contributed by atoms with van der Waals surface area (Å²) in [7, 11) is -3.67. The van der Waals surface area contributed by atoms with Gasteiger partial charge in [0.2, 0.25) is 10.0 Å². The molecule has 2 aromatic rings. The van der Waals surface area contributed by atoms with Crippen LogP contribution in [0.4, 0.5) is 0 Å². The first-order chi connectivity index (χ1) is 14.3. The van der Waals surface area contributed by atoms with Gasteiger partial charge in [0.05, 0.1) is 4.90 Å². The number of carbonyl (C=O) groups excluding carboxylic acids is 2. The average molecular weight is 430 g/mol. The summed E-state index contributed by atoms with van der Waals surface area (Å²) in [4.78, 5) is 24.5. The van der Waals surface area contributed by atoms with Gasteiger partial charge in [-0.05, 0) is 49.4 Å². The lowest BCUT2D eigenvalue weighted by molar-refractivity contribution is -0.139. The average Bonchev–Trinajstić information content (AvgIpc) is 3.22. The number of carbonyl (C=O) groups is 2. The second-order valence-electron chi connectivity index (χ2n) is 7.56. The van der Waals surface area contributed by atoms with Gasteiger partial charge in [-0.2, -0.15) is 4.31 Å². The number of hydrogen-bond donors (Lipinski definition) is 2. The molecule has 1 heterocycles. The van der Waals surface area contributed by atoms with Crippen LogP contribution in [0.3, 0.4) is 0 Å². The van der Waals surface area contributed by atoms with Crippen molar-refractivity contribution in [3.63, 3.8) is 0 Å². The first-order valence-corrected chi connectivity index (χ1v) is 11.4. The second kappa shape index (κ2) is 9.40. The second-order valence-corrected chi connectivity index (χ2v) is 9.42. The van der Waals surface area contributed by atoms with Crippen molar-refractivity contribution < 1.29 is 18.0 Å². The molecule has 0 bridgehead atoms. The van der Waals surface area contributed by atoms with E-state index in [9.17, 15) is 18.0 Å².